The molecule has 4 aromatic carbocycles. The van der Waals surface area contributed by atoms with E-state index in [4.69, 9.17) is 0 Å². The van der Waals surface area contributed by atoms with Crippen molar-refractivity contribution in [3.8, 4) is 22.3 Å². The van der Waals surface area contributed by atoms with E-state index in [2.05, 4.69) is 120 Å². The molecule has 0 aliphatic carbocycles. The maximum absolute atomic E-state index is 2.36. The van der Waals surface area contributed by atoms with Gasteiger partial charge in [-0.2, -0.15) is 0 Å². The molecule has 0 heterocycles. The molecule has 0 aliphatic rings. The van der Waals surface area contributed by atoms with Gasteiger partial charge in [0.25, 0.3) is 0 Å². The van der Waals surface area contributed by atoms with Crippen molar-refractivity contribution in [2.45, 2.75) is 53.9 Å². The standard InChI is InChI=1S/C32H35B/c1-7-21(2)26-13-15-28(16-14-26)30-19-24(5)32(25(6)20-30)33-31-22(3)17-29(18-23(31)4)27-11-9-8-10-12-27/h8-21,33H,7H2,1-6H3. The highest BCUT2D eigenvalue weighted by molar-refractivity contribution is 6.69. The second kappa shape index (κ2) is 9.83. The van der Waals surface area contributed by atoms with Crippen LogP contribution >= 0.6 is 0 Å². The quantitative estimate of drug-likeness (QED) is 0.285. The highest BCUT2D eigenvalue weighted by Crippen LogP contribution is 2.26. The first-order valence-electron chi connectivity index (χ1n) is 12.2. The van der Waals surface area contributed by atoms with E-state index >= 15 is 0 Å². The van der Waals surface area contributed by atoms with Gasteiger partial charge in [-0.05, 0) is 67.9 Å². The van der Waals surface area contributed by atoms with Crippen LogP contribution in [-0.2, 0) is 0 Å². The van der Waals surface area contributed by atoms with Gasteiger partial charge >= 0.3 is 0 Å². The molecule has 0 amide bonds. The summed E-state index contributed by atoms with van der Waals surface area (Å²) in [5.74, 6) is 0.615. The predicted molar refractivity (Wildman–Crippen MR) is 148 cm³/mol. The summed E-state index contributed by atoms with van der Waals surface area (Å²) in [5.41, 5.74) is 15.0. The van der Waals surface area contributed by atoms with Crippen molar-refractivity contribution >= 4 is 18.2 Å². The Morgan fingerprint density at radius 2 is 1.00 bits per heavy atom. The van der Waals surface area contributed by atoms with Gasteiger partial charge in [-0.1, -0.05) is 126 Å². The monoisotopic (exact) mass is 430 g/mol. The van der Waals surface area contributed by atoms with E-state index in [1.54, 1.807) is 0 Å². The van der Waals surface area contributed by atoms with Gasteiger partial charge in [-0.25, -0.2) is 0 Å². The first-order chi connectivity index (χ1) is 15.9. The fourth-order valence-corrected chi connectivity index (χ4v) is 4.93. The average Bonchev–Trinajstić information content (AvgIpc) is 2.82. The number of benzene rings is 4. The maximum atomic E-state index is 2.36. The van der Waals surface area contributed by atoms with Gasteiger partial charge in [0.2, 0.25) is 0 Å². The van der Waals surface area contributed by atoms with Crippen LogP contribution in [0.1, 0.15) is 54.0 Å². The molecule has 0 bridgehead atoms. The van der Waals surface area contributed by atoms with Crippen molar-refractivity contribution in [2.75, 3.05) is 0 Å². The van der Waals surface area contributed by atoms with E-state index in [0.29, 0.717) is 5.92 Å². The van der Waals surface area contributed by atoms with Crippen molar-refractivity contribution in [2.24, 2.45) is 0 Å². The van der Waals surface area contributed by atoms with Crippen LogP contribution < -0.4 is 10.9 Å². The van der Waals surface area contributed by atoms with Crippen LogP contribution in [0.15, 0.2) is 78.9 Å². The van der Waals surface area contributed by atoms with Gasteiger partial charge in [0, 0.05) is 0 Å². The highest BCUT2D eigenvalue weighted by Gasteiger charge is 2.14. The molecule has 0 saturated carbocycles. The minimum absolute atomic E-state index is 0.615. The molecule has 0 radical (unpaired) electrons. The third-order valence-electron chi connectivity index (χ3n) is 7.28. The van der Waals surface area contributed by atoms with Crippen molar-refractivity contribution < 1.29 is 0 Å². The molecule has 0 N–H and O–H groups in total. The van der Waals surface area contributed by atoms with Crippen molar-refractivity contribution in [1.29, 1.82) is 0 Å². The number of rotatable bonds is 6. The number of hydrogen-bond acceptors (Lipinski definition) is 0. The second-order valence-electron chi connectivity index (χ2n) is 9.65. The lowest BCUT2D eigenvalue weighted by Gasteiger charge is -2.17. The van der Waals surface area contributed by atoms with Crippen LogP contribution in [0.25, 0.3) is 22.3 Å². The molecule has 1 unspecified atom stereocenters. The van der Waals surface area contributed by atoms with Gasteiger partial charge in [-0.15, -0.1) is 0 Å². The Balaban J connectivity index is 1.63. The SMILES string of the molecule is CCC(C)c1ccc(-c2cc(C)c(Bc3c(C)cc(-c4ccccc4)cc3C)c(C)c2)cc1. The Morgan fingerprint density at radius 1 is 0.576 bits per heavy atom. The van der Waals surface area contributed by atoms with E-state index in [-0.39, 0.29) is 0 Å². The molecular weight excluding hydrogens is 395 g/mol. The normalized spacial score (nSPS) is 11.9. The highest BCUT2D eigenvalue weighted by atomic mass is 14.1. The molecule has 0 fully saturated rings. The molecule has 0 aliphatic heterocycles. The molecule has 166 valence electrons. The molecule has 0 saturated heterocycles. The number of hydrogen-bond donors (Lipinski definition) is 0. The zero-order valence-corrected chi connectivity index (χ0v) is 21.0. The summed E-state index contributed by atoms with van der Waals surface area (Å²) in [5, 5.41) is 0. The summed E-state index contributed by atoms with van der Waals surface area (Å²) in [6.07, 6.45) is 1.18. The van der Waals surface area contributed by atoms with Gasteiger partial charge in [-0.3, -0.25) is 0 Å². The minimum atomic E-state index is 0.615. The summed E-state index contributed by atoms with van der Waals surface area (Å²) < 4.78 is 0. The van der Waals surface area contributed by atoms with Crippen LogP contribution in [0.2, 0.25) is 0 Å². The van der Waals surface area contributed by atoms with Gasteiger partial charge in [0.15, 0.2) is 7.28 Å². The average molecular weight is 430 g/mol. The first-order valence-corrected chi connectivity index (χ1v) is 12.2. The molecular formula is C32H35B. The summed E-state index contributed by atoms with van der Waals surface area (Å²) in [6, 6.07) is 29.3. The summed E-state index contributed by atoms with van der Waals surface area (Å²) in [6.45, 7) is 13.6. The Bertz CT molecular complexity index is 1200. The topological polar surface area (TPSA) is 0 Å². The zero-order chi connectivity index (χ0) is 23.5. The lowest BCUT2D eigenvalue weighted by atomic mass is 9.58. The minimum Gasteiger partial charge on any atom is -0.0728 e. The maximum Gasteiger partial charge on any atom is 0.193 e. The molecule has 1 atom stereocenters. The molecule has 4 aromatic rings. The molecule has 0 aromatic heterocycles. The zero-order valence-electron chi connectivity index (χ0n) is 21.0. The predicted octanol–water partition coefficient (Wildman–Crippen LogP) is 7.16. The first kappa shape index (κ1) is 23.1. The van der Waals surface area contributed by atoms with Crippen LogP contribution in [0, 0.1) is 27.7 Å². The van der Waals surface area contributed by atoms with Crippen molar-refractivity contribution in [1.82, 2.24) is 0 Å². The molecule has 33 heavy (non-hydrogen) atoms. The van der Waals surface area contributed by atoms with Gasteiger partial charge in [0.05, 0.1) is 0 Å². The van der Waals surface area contributed by atoms with E-state index in [0.717, 1.165) is 7.28 Å². The molecule has 1 heteroatoms. The van der Waals surface area contributed by atoms with Crippen LogP contribution in [0.4, 0.5) is 0 Å². The molecule has 4 rings (SSSR count). The lowest BCUT2D eigenvalue weighted by molar-refractivity contribution is 0.734. The van der Waals surface area contributed by atoms with Crippen LogP contribution in [0.5, 0.6) is 0 Å². The third kappa shape index (κ3) is 4.98. The third-order valence-corrected chi connectivity index (χ3v) is 7.28. The van der Waals surface area contributed by atoms with Gasteiger partial charge in [0.1, 0.15) is 0 Å². The van der Waals surface area contributed by atoms with E-state index < -0.39 is 0 Å². The second-order valence-corrected chi connectivity index (χ2v) is 9.65. The summed E-state index contributed by atoms with van der Waals surface area (Å²) >= 11 is 0. The Hall–Kier alpha value is -3.06. The van der Waals surface area contributed by atoms with Crippen molar-refractivity contribution in [3.05, 3.63) is 107 Å². The fourth-order valence-electron chi connectivity index (χ4n) is 4.93. The summed E-state index contributed by atoms with van der Waals surface area (Å²) in [4.78, 5) is 0. The molecule has 0 nitrogen and oxygen atoms in total. The van der Waals surface area contributed by atoms with Gasteiger partial charge < -0.3 is 0 Å². The number of aryl methyl sites for hydroxylation is 4. The van der Waals surface area contributed by atoms with Crippen molar-refractivity contribution in [3.63, 3.8) is 0 Å². The Labute approximate surface area is 201 Å². The smallest absolute Gasteiger partial charge is 0.0728 e. The Kier molecular flexibility index (Phi) is 6.89. The van der Waals surface area contributed by atoms with E-state index in [1.165, 1.54) is 67.4 Å². The van der Waals surface area contributed by atoms with E-state index in [9.17, 15) is 0 Å². The van der Waals surface area contributed by atoms with E-state index in [1.807, 2.05) is 0 Å². The largest absolute Gasteiger partial charge is 0.193 e. The molecule has 0 spiro atoms. The van der Waals surface area contributed by atoms with Crippen LogP contribution in [-0.4, -0.2) is 7.28 Å². The fraction of sp³-hybridized carbons (Fsp3) is 0.250. The van der Waals surface area contributed by atoms with Crippen LogP contribution in [0.3, 0.4) is 0 Å². The summed E-state index contributed by atoms with van der Waals surface area (Å²) in [7, 11) is 0.984. The Morgan fingerprint density at radius 3 is 1.42 bits per heavy atom. The lowest BCUT2D eigenvalue weighted by Crippen LogP contribution is -2.34.